The van der Waals surface area contributed by atoms with Crippen LogP contribution >= 0.6 is 0 Å². The van der Waals surface area contributed by atoms with Gasteiger partial charge in [0.25, 0.3) is 0 Å². The monoisotopic (exact) mass is 528 g/mol. The topological polar surface area (TPSA) is 159 Å². The fourth-order valence-electron chi connectivity index (χ4n) is 4.03. The zero-order chi connectivity index (χ0) is 27.2. The van der Waals surface area contributed by atoms with E-state index in [4.69, 9.17) is 15.6 Å². The van der Waals surface area contributed by atoms with Crippen molar-refractivity contribution >= 4 is 21.5 Å². The minimum atomic E-state index is -3.76. The van der Waals surface area contributed by atoms with Crippen LogP contribution in [0.2, 0.25) is 0 Å². The summed E-state index contributed by atoms with van der Waals surface area (Å²) in [5.41, 5.74) is 10.0. The average Bonchev–Trinajstić information content (AvgIpc) is 2.82. The van der Waals surface area contributed by atoms with Gasteiger partial charge < -0.3 is 31.1 Å². The van der Waals surface area contributed by atoms with Crippen LogP contribution in [0, 0.1) is 6.92 Å². The molecule has 3 aromatic carbocycles. The first-order chi connectivity index (χ1) is 17.5. The molecule has 1 unspecified atom stereocenters. The molecule has 3 aromatic rings. The van der Waals surface area contributed by atoms with Crippen LogP contribution in [-0.4, -0.2) is 55.7 Å². The van der Waals surface area contributed by atoms with E-state index in [1.807, 2.05) is 49.4 Å². The van der Waals surface area contributed by atoms with Crippen LogP contribution in [0.15, 0.2) is 59.5 Å². The van der Waals surface area contributed by atoms with Gasteiger partial charge in [-0.05, 0) is 53.8 Å². The number of hydrogen-bond acceptors (Lipinski definition) is 8. The lowest BCUT2D eigenvalue weighted by Gasteiger charge is -2.17. The number of benzene rings is 3. The molecule has 0 saturated carbocycles. The first kappa shape index (κ1) is 28.0. The predicted octanol–water partition coefficient (Wildman–Crippen LogP) is 3.07. The van der Waals surface area contributed by atoms with Crippen molar-refractivity contribution in [3.8, 4) is 22.6 Å². The molecule has 0 aliphatic rings. The number of anilines is 1. The zero-order valence-electron chi connectivity index (χ0n) is 20.8. The summed E-state index contributed by atoms with van der Waals surface area (Å²) in [6.07, 6.45) is 0.473. The number of ether oxygens (including phenoxy) is 1. The van der Waals surface area contributed by atoms with Gasteiger partial charge in [0.2, 0.25) is 0 Å². The number of sulfone groups is 1. The van der Waals surface area contributed by atoms with Gasteiger partial charge in [-0.3, -0.25) is 4.79 Å². The van der Waals surface area contributed by atoms with E-state index in [1.165, 1.54) is 12.1 Å². The van der Waals surface area contributed by atoms with Gasteiger partial charge in [0.1, 0.15) is 23.0 Å². The summed E-state index contributed by atoms with van der Waals surface area (Å²) in [5, 5.41) is 32.2. The lowest BCUT2D eigenvalue weighted by molar-refractivity contribution is -0.136. The lowest BCUT2D eigenvalue weighted by atomic mass is 9.98. The van der Waals surface area contributed by atoms with Crippen molar-refractivity contribution in [2.45, 2.75) is 30.8 Å². The number of hydrogen-bond donors (Lipinski definition) is 5. The molecule has 0 radical (unpaired) electrons. The predicted molar refractivity (Wildman–Crippen MR) is 142 cm³/mol. The number of carboxylic acid groups (broad SMARTS) is 1. The van der Waals surface area contributed by atoms with Crippen LogP contribution in [-0.2, 0) is 21.1 Å². The Morgan fingerprint density at radius 3 is 2.43 bits per heavy atom. The molecule has 0 aromatic heterocycles. The van der Waals surface area contributed by atoms with Crippen LogP contribution in [0.25, 0.3) is 11.1 Å². The molecule has 0 heterocycles. The van der Waals surface area contributed by atoms with Crippen LogP contribution in [0.5, 0.6) is 11.5 Å². The fraction of sp³-hybridized carbons (Fsp3) is 0.296. The third-order valence-corrected chi connectivity index (χ3v) is 7.09. The molecule has 0 saturated heterocycles. The summed E-state index contributed by atoms with van der Waals surface area (Å²) in [5.74, 6) is -0.569. The molecule has 0 fully saturated rings. The lowest BCUT2D eigenvalue weighted by Crippen LogP contribution is -2.26. The van der Waals surface area contributed by atoms with E-state index in [0.29, 0.717) is 25.3 Å². The third-order valence-electron chi connectivity index (χ3n) is 5.91. The summed E-state index contributed by atoms with van der Waals surface area (Å²) < 4.78 is 29.6. The van der Waals surface area contributed by atoms with Gasteiger partial charge >= 0.3 is 5.97 Å². The Labute approximate surface area is 216 Å². The Bertz CT molecular complexity index is 1360. The van der Waals surface area contributed by atoms with Gasteiger partial charge in [-0.2, -0.15) is 0 Å². The largest absolute Gasteiger partial charge is 0.507 e. The number of aliphatic hydroxyl groups excluding tert-OH is 1. The number of phenols is 1. The van der Waals surface area contributed by atoms with Gasteiger partial charge in [0.15, 0.2) is 9.84 Å². The molecular weight excluding hydrogens is 496 g/mol. The highest BCUT2D eigenvalue weighted by Crippen LogP contribution is 2.34. The normalized spacial score (nSPS) is 12.3. The number of nitrogens with one attached hydrogen (secondary N) is 1. The second-order valence-corrected chi connectivity index (χ2v) is 10.8. The number of carbonyl (C=O) groups is 1. The van der Waals surface area contributed by atoms with E-state index < -0.39 is 27.7 Å². The number of rotatable bonds is 12. The summed E-state index contributed by atoms with van der Waals surface area (Å²) in [7, 11) is -3.76. The molecule has 198 valence electrons. The molecule has 3 rings (SSSR count). The molecule has 6 N–H and O–H groups in total. The molecule has 0 amide bonds. The van der Waals surface area contributed by atoms with Crippen LogP contribution in [0.4, 0.5) is 5.69 Å². The Morgan fingerprint density at radius 1 is 1.11 bits per heavy atom. The smallest absolute Gasteiger partial charge is 0.303 e. The number of aliphatic hydroxyl groups is 1. The number of aryl methyl sites for hydroxylation is 2. The molecule has 37 heavy (non-hydrogen) atoms. The molecule has 0 aliphatic carbocycles. The van der Waals surface area contributed by atoms with Gasteiger partial charge in [-0.15, -0.1) is 0 Å². The molecular formula is C27H32N2O7S. The Kier molecular flexibility index (Phi) is 9.14. The summed E-state index contributed by atoms with van der Waals surface area (Å²) in [6.45, 7) is 2.86. The van der Waals surface area contributed by atoms with Gasteiger partial charge in [-0.1, -0.05) is 36.4 Å². The summed E-state index contributed by atoms with van der Waals surface area (Å²) >= 11 is 0. The maximum atomic E-state index is 11.9. The summed E-state index contributed by atoms with van der Waals surface area (Å²) in [4.78, 5) is 10.4. The maximum Gasteiger partial charge on any atom is 0.303 e. The van der Waals surface area contributed by atoms with Gasteiger partial charge in [0.05, 0.1) is 11.8 Å². The van der Waals surface area contributed by atoms with Crippen molar-refractivity contribution in [2.75, 3.05) is 31.7 Å². The molecule has 10 heteroatoms. The van der Waals surface area contributed by atoms with Gasteiger partial charge in [-0.25, -0.2) is 8.42 Å². The minimum absolute atomic E-state index is 0.104. The first-order valence-electron chi connectivity index (χ1n) is 11.7. The van der Waals surface area contributed by atoms with Crippen molar-refractivity contribution in [3.63, 3.8) is 0 Å². The highest BCUT2D eigenvalue weighted by atomic mass is 32.2. The number of aliphatic carboxylic acids is 1. The van der Waals surface area contributed by atoms with Crippen LogP contribution in [0.1, 0.15) is 29.2 Å². The zero-order valence-corrected chi connectivity index (χ0v) is 21.6. The molecule has 0 aliphatic heterocycles. The van der Waals surface area contributed by atoms with E-state index in [9.17, 15) is 23.4 Å². The van der Waals surface area contributed by atoms with E-state index in [0.717, 1.165) is 28.5 Å². The second kappa shape index (κ2) is 12.1. The number of nitrogens with two attached hydrogens (primary N) is 1. The van der Waals surface area contributed by atoms with Crippen molar-refractivity contribution in [3.05, 3.63) is 71.3 Å². The third kappa shape index (κ3) is 7.45. The standard InChI is InChI=1S/C27H32N2O7S/c1-17-15-20(8-9-21(17)19-6-3-18(4-7-19)5-12-25(32)33)36-14-13-29-16-24(31)22-10-11-23(30)27(26(22)28)37(2,34)35/h3-4,6-11,15,24,29-31H,5,12-14,16,28H2,1-2H3,(H,32,33). The number of aromatic hydroxyl groups is 1. The van der Waals surface area contributed by atoms with Crippen molar-refractivity contribution in [1.82, 2.24) is 5.32 Å². The quantitative estimate of drug-likeness (QED) is 0.176. The second-order valence-electron chi connectivity index (χ2n) is 8.82. The van der Waals surface area contributed by atoms with Crippen molar-refractivity contribution in [1.29, 1.82) is 0 Å². The SMILES string of the molecule is Cc1cc(OCCNCC(O)c2ccc(O)c(S(C)(=O)=O)c2N)ccc1-c1ccc(CCC(=O)O)cc1. The maximum absolute atomic E-state index is 11.9. The molecule has 0 spiro atoms. The van der Waals surface area contributed by atoms with E-state index >= 15 is 0 Å². The van der Waals surface area contributed by atoms with Crippen molar-refractivity contribution in [2.24, 2.45) is 0 Å². The molecule has 1 atom stereocenters. The molecule has 0 bridgehead atoms. The van der Waals surface area contributed by atoms with Crippen LogP contribution < -0.4 is 15.8 Å². The number of phenolic OH excluding ortho intramolecular Hbond substituents is 1. The molecule has 9 nitrogen and oxygen atoms in total. The Morgan fingerprint density at radius 2 is 1.81 bits per heavy atom. The fourth-order valence-corrected chi connectivity index (χ4v) is 4.99. The average molecular weight is 529 g/mol. The Hall–Kier alpha value is -3.60. The first-order valence-corrected chi connectivity index (χ1v) is 13.6. The van der Waals surface area contributed by atoms with Gasteiger partial charge in [0, 0.05) is 31.3 Å². The highest BCUT2D eigenvalue weighted by molar-refractivity contribution is 7.91. The number of carboxylic acids is 1. The van der Waals surface area contributed by atoms with Crippen molar-refractivity contribution < 1.29 is 33.3 Å². The summed E-state index contributed by atoms with van der Waals surface area (Å²) in [6, 6.07) is 16.2. The number of nitrogen functional groups attached to an aromatic ring is 1. The van der Waals surface area contributed by atoms with E-state index in [1.54, 1.807) is 0 Å². The Balaban J connectivity index is 1.51. The van der Waals surface area contributed by atoms with E-state index in [-0.39, 0.29) is 29.1 Å². The van der Waals surface area contributed by atoms with Crippen LogP contribution in [0.3, 0.4) is 0 Å². The van der Waals surface area contributed by atoms with E-state index in [2.05, 4.69) is 5.32 Å². The highest BCUT2D eigenvalue weighted by Gasteiger charge is 2.22. The minimum Gasteiger partial charge on any atom is -0.507 e.